The lowest BCUT2D eigenvalue weighted by atomic mass is 10.1. The normalized spacial score (nSPS) is 18.0. The van der Waals surface area contributed by atoms with E-state index < -0.39 is 18.5 Å². The Morgan fingerprint density at radius 3 is 2.82 bits per heavy atom. The van der Waals surface area contributed by atoms with Gasteiger partial charge in [-0.3, -0.25) is 14.2 Å². The van der Waals surface area contributed by atoms with E-state index in [2.05, 4.69) is 25.2 Å². The standard InChI is InChI=1S/C22H23F2N7O2/c1-12-27-18-14(20(32)30(12)11-17(23)24)6-3-7-16(18)31-10-13-5-4-8-29(13)19-15(21(31)33)9-26-22(25-2)28-19/h3,6-7,9,13,17H,4-5,8,10-11H2,1-2H3,(H,25,26,28)/t13-/m0/s1. The summed E-state index contributed by atoms with van der Waals surface area (Å²) in [6, 6.07) is 4.98. The maximum Gasteiger partial charge on any atom is 0.263 e. The van der Waals surface area contributed by atoms with Crippen LogP contribution in [0.4, 0.5) is 26.2 Å². The van der Waals surface area contributed by atoms with Crippen molar-refractivity contribution in [3.05, 3.63) is 46.1 Å². The van der Waals surface area contributed by atoms with Crippen molar-refractivity contribution < 1.29 is 13.6 Å². The molecule has 0 saturated carbocycles. The number of aromatic nitrogens is 4. The molecule has 1 N–H and O–H groups in total. The predicted molar refractivity (Wildman–Crippen MR) is 120 cm³/mol. The van der Waals surface area contributed by atoms with Crippen molar-refractivity contribution in [2.24, 2.45) is 0 Å². The highest BCUT2D eigenvalue weighted by Gasteiger charge is 2.38. The Kier molecular flexibility index (Phi) is 5.18. The molecule has 0 bridgehead atoms. The van der Waals surface area contributed by atoms with Gasteiger partial charge in [-0.2, -0.15) is 4.98 Å². The molecule has 172 valence electrons. The Balaban J connectivity index is 1.68. The molecule has 1 fully saturated rings. The quantitative estimate of drug-likeness (QED) is 0.646. The molecule has 1 saturated heterocycles. The highest BCUT2D eigenvalue weighted by atomic mass is 19.3. The number of fused-ring (bicyclic) bond motifs is 4. The van der Waals surface area contributed by atoms with Crippen LogP contribution in [0.15, 0.2) is 29.2 Å². The van der Waals surface area contributed by atoms with E-state index in [9.17, 15) is 18.4 Å². The minimum absolute atomic E-state index is 0.0466. The van der Waals surface area contributed by atoms with E-state index in [1.807, 2.05) is 0 Å². The van der Waals surface area contributed by atoms with Crippen molar-refractivity contribution >= 4 is 34.3 Å². The Bertz CT molecular complexity index is 1310. The highest BCUT2D eigenvalue weighted by Crippen LogP contribution is 2.35. The molecule has 4 heterocycles. The lowest BCUT2D eigenvalue weighted by Crippen LogP contribution is -2.40. The average molecular weight is 455 g/mol. The summed E-state index contributed by atoms with van der Waals surface area (Å²) in [6.07, 6.45) is 0.698. The third kappa shape index (κ3) is 3.47. The van der Waals surface area contributed by atoms with Crippen LogP contribution < -0.4 is 20.7 Å². The van der Waals surface area contributed by atoms with Crippen LogP contribution in [0.25, 0.3) is 10.9 Å². The number of nitrogens with zero attached hydrogens (tertiary/aromatic N) is 6. The topological polar surface area (TPSA) is 96.2 Å². The number of nitrogens with one attached hydrogen (secondary N) is 1. The summed E-state index contributed by atoms with van der Waals surface area (Å²) in [5, 5.41) is 3.11. The fraction of sp³-hybridized carbons (Fsp3) is 0.409. The van der Waals surface area contributed by atoms with Crippen LogP contribution >= 0.6 is 0 Å². The summed E-state index contributed by atoms with van der Waals surface area (Å²) in [6.45, 7) is 1.97. The fourth-order valence-corrected chi connectivity index (χ4v) is 4.72. The zero-order valence-corrected chi connectivity index (χ0v) is 18.3. The van der Waals surface area contributed by atoms with Gasteiger partial charge in [0.05, 0.1) is 17.6 Å². The number of carbonyl (C=O) groups excluding carboxylic acids is 1. The van der Waals surface area contributed by atoms with Gasteiger partial charge in [0.25, 0.3) is 17.9 Å². The van der Waals surface area contributed by atoms with E-state index in [0.717, 1.165) is 24.0 Å². The fourth-order valence-electron chi connectivity index (χ4n) is 4.72. The number of rotatable bonds is 4. The van der Waals surface area contributed by atoms with Crippen LogP contribution in [0.5, 0.6) is 0 Å². The number of aryl methyl sites for hydroxylation is 1. The van der Waals surface area contributed by atoms with E-state index in [-0.39, 0.29) is 23.2 Å². The molecule has 0 spiro atoms. The number of carbonyl (C=O) groups is 1. The zero-order chi connectivity index (χ0) is 23.3. The summed E-state index contributed by atoms with van der Waals surface area (Å²) < 4.78 is 27.0. The van der Waals surface area contributed by atoms with E-state index in [1.165, 1.54) is 13.1 Å². The molecule has 2 aliphatic heterocycles. The first-order valence-corrected chi connectivity index (χ1v) is 10.8. The molecule has 1 amide bonds. The Morgan fingerprint density at radius 2 is 2.06 bits per heavy atom. The molecule has 0 radical (unpaired) electrons. The Morgan fingerprint density at radius 1 is 1.24 bits per heavy atom. The molecule has 5 rings (SSSR count). The monoisotopic (exact) mass is 455 g/mol. The summed E-state index contributed by atoms with van der Waals surface area (Å²) >= 11 is 0. The average Bonchev–Trinajstić information content (AvgIpc) is 3.23. The van der Waals surface area contributed by atoms with E-state index >= 15 is 0 Å². The number of alkyl halides is 2. The number of para-hydroxylation sites is 1. The molecule has 2 aromatic heterocycles. The number of amides is 1. The second-order valence-corrected chi connectivity index (χ2v) is 8.23. The van der Waals surface area contributed by atoms with Gasteiger partial charge in [0.2, 0.25) is 5.95 Å². The molecule has 0 aliphatic carbocycles. The minimum atomic E-state index is -2.68. The number of benzene rings is 1. The molecule has 3 aromatic rings. The Hall–Kier alpha value is -3.63. The van der Waals surface area contributed by atoms with Crippen LogP contribution in [0, 0.1) is 6.92 Å². The first kappa shape index (κ1) is 21.2. The van der Waals surface area contributed by atoms with E-state index in [0.29, 0.717) is 35.1 Å². The van der Waals surface area contributed by atoms with Crippen molar-refractivity contribution in [2.45, 2.75) is 38.8 Å². The number of halogens is 2. The lowest BCUT2D eigenvalue weighted by molar-refractivity contribution is 0.0988. The third-order valence-corrected chi connectivity index (χ3v) is 6.28. The van der Waals surface area contributed by atoms with Gasteiger partial charge in [-0.1, -0.05) is 6.07 Å². The predicted octanol–water partition coefficient (Wildman–Crippen LogP) is 2.43. The van der Waals surface area contributed by atoms with Gasteiger partial charge in [0.1, 0.15) is 22.7 Å². The van der Waals surface area contributed by atoms with Crippen molar-refractivity contribution in [3.8, 4) is 0 Å². The SMILES string of the molecule is CNc1ncc2c(n1)N1CCC[C@H]1CN(c1cccc3c(=O)n(CC(F)F)c(C)nc13)C2=O. The minimum Gasteiger partial charge on any atom is -0.357 e. The Labute approximate surface area is 188 Å². The number of anilines is 3. The maximum absolute atomic E-state index is 13.7. The molecule has 33 heavy (non-hydrogen) atoms. The highest BCUT2D eigenvalue weighted by molar-refractivity contribution is 6.13. The second-order valence-electron chi connectivity index (χ2n) is 8.23. The summed E-state index contributed by atoms with van der Waals surface area (Å²) in [7, 11) is 1.72. The van der Waals surface area contributed by atoms with Gasteiger partial charge in [-0.25, -0.2) is 18.7 Å². The largest absolute Gasteiger partial charge is 0.357 e. The van der Waals surface area contributed by atoms with E-state index in [4.69, 9.17) is 0 Å². The summed E-state index contributed by atoms with van der Waals surface area (Å²) in [4.78, 5) is 43.7. The first-order valence-electron chi connectivity index (χ1n) is 10.8. The third-order valence-electron chi connectivity index (χ3n) is 6.28. The van der Waals surface area contributed by atoms with Gasteiger partial charge in [-0.05, 0) is 31.9 Å². The first-order chi connectivity index (χ1) is 15.9. The zero-order valence-electron chi connectivity index (χ0n) is 18.3. The smallest absolute Gasteiger partial charge is 0.263 e. The van der Waals surface area contributed by atoms with E-state index in [1.54, 1.807) is 30.1 Å². The van der Waals surface area contributed by atoms with Crippen molar-refractivity contribution in [1.29, 1.82) is 0 Å². The molecule has 9 nitrogen and oxygen atoms in total. The van der Waals surface area contributed by atoms with Gasteiger partial charge in [-0.15, -0.1) is 0 Å². The maximum atomic E-state index is 13.7. The van der Waals surface area contributed by atoms with Gasteiger partial charge in [0, 0.05) is 32.4 Å². The van der Waals surface area contributed by atoms with Crippen molar-refractivity contribution in [3.63, 3.8) is 0 Å². The molecule has 0 unspecified atom stereocenters. The van der Waals surface area contributed by atoms with Crippen LogP contribution in [0.1, 0.15) is 29.0 Å². The number of hydrogen-bond acceptors (Lipinski definition) is 7. The number of hydrogen-bond donors (Lipinski definition) is 1. The van der Waals surface area contributed by atoms with Crippen LogP contribution in [-0.2, 0) is 6.54 Å². The lowest BCUT2D eigenvalue weighted by Gasteiger charge is -2.27. The van der Waals surface area contributed by atoms with Gasteiger partial charge < -0.3 is 15.1 Å². The molecule has 2 aliphatic rings. The van der Waals surface area contributed by atoms with Crippen LogP contribution in [-0.4, -0.2) is 58.0 Å². The molecular formula is C22H23F2N7O2. The van der Waals surface area contributed by atoms with Crippen LogP contribution in [0.3, 0.4) is 0 Å². The van der Waals surface area contributed by atoms with Gasteiger partial charge in [0.15, 0.2) is 0 Å². The van der Waals surface area contributed by atoms with Crippen LogP contribution in [0.2, 0.25) is 0 Å². The molecule has 1 aromatic carbocycles. The van der Waals surface area contributed by atoms with Crippen molar-refractivity contribution in [1.82, 2.24) is 19.5 Å². The summed E-state index contributed by atoms with van der Waals surface area (Å²) in [5.74, 6) is 0.911. The van der Waals surface area contributed by atoms with Crippen molar-refractivity contribution in [2.75, 3.05) is 35.3 Å². The molecule has 11 heteroatoms. The van der Waals surface area contributed by atoms with Gasteiger partial charge >= 0.3 is 0 Å². The summed E-state index contributed by atoms with van der Waals surface area (Å²) in [5.41, 5.74) is 0.615. The molecular weight excluding hydrogens is 432 g/mol. The second kappa shape index (κ2) is 8.05. The molecule has 1 atom stereocenters.